The van der Waals surface area contributed by atoms with Crippen molar-refractivity contribution in [3.8, 4) is 0 Å². The van der Waals surface area contributed by atoms with Crippen LogP contribution in [0.25, 0.3) is 0 Å². The van der Waals surface area contributed by atoms with Crippen molar-refractivity contribution >= 4 is 30.7 Å². The highest BCUT2D eigenvalue weighted by molar-refractivity contribution is 5.95. The van der Waals surface area contributed by atoms with E-state index in [1.165, 1.54) is 25.1 Å². The first-order valence-corrected chi connectivity index (χ1v) is 13.4. The van der Waals surface area contributed by atoms with Crippen molar-refractivity contribution in [1.82, 2.24) is 14.7 Å². The Balaban J connectivity index is 0.00000308. The SMILES string of the molecule is Cc1cc(C(=O)N2CCN(CCN3CC(C)OC(C)C3)C[C@H]2Cc2ccc(C(F)(F)F)cc2)cc(C(F)(F)F)c1.Cl.Cl. The van der Waals surface area contributed by atoms with E-state index in [0.717, 1.165) is 50.4 Å². The number of morpholine rings is 1. The standard InChI is InChI=1S/C29H35F6N3O2.2ClH/c1-19-12-23(15-25(13-19)29(33,34)35)27(39)38-11-10-36(8-9-37-16-20(2)40-21(3)17-37)18-26(38)14-22-4-6-24(7-5-22)28(30,31)32;;/h4-7,12-13,15,20-21,26H,8-11,14,16-18H2,1-3H3;2*1H/t20?,21?,26-;;/m1../s1. The quantitative estimate of drug-likeness (QED) is 0.344. The van der Waals surface area contributed by atoms with E-state index in [4.69, 9.17) is 4.74 Å². The second kappa shape index (κ2) is 14.6. The molecule has 2 aliphatic heterocycles. The van der Waals surface area contributed by atoms with Crippen molar-refractivity contribution in [3.63, 3.8) is 0 Å². The van der Waals surface area contributed by atoms with Gasteiger partial charge in [0.25, 0.3) is 5.91 Å². The molecule has 236 valence electrons. The van der Waals surface area contributed by atoms with Crippen molar-refractivity contribution in [3.05, 3.63) is 70.3 Å². The Morgan fingerprint density at radius 1 is 0.810 bits per heavy atom. The van der Waals surface area contributed by atoms with Gasteiger partial charge < -0.3 is 9.64 Å². The van der Waals surface area contributed by atoms with Crippen LogP contribution in [-0.4, -0.2) is 84.7 Å². The highest BCUT2D eigenvalue weighted by atomic mass is 35.5. The number of benzene rings is 2. The number of hydrogen-bond donors (Lipinski definition) is 0. The van der Waals surface area contributed by atoms with Crippen LogP contribution in [-0.2, 0) is 23.5 Å². The maximum Gasteiger partial charge on any atom is 0.416 e. The third kappa shape index (κ3) is 9.47. The van der Waals surface area contributed by atoms with E-state index in [-0.39, 0.29) is 49.0 Å². The summed E-state index contributed by atoms with van der Waals surface area (Å²) in [5, 5.41) is 0. The van der Waals surface area contributed by atoms with Gasteiger partial charge >= 0.3 is 12.4 Å². The molecule has 2 aliphatic rings. The Morgan fingerprint density at radius 2 is 1.38 bits per heavy atom. The van der Waals surface area contributed by atoms with E-state index in [1.807, 2.05) is 13.8 Å². The normalized spacial score (nSPS) is 22.3. The summed E-state index contributed by atoms with van der Waals surface area (Å²) in [6.45, 7) is 10.0. The molecule has 2 aromatic carbocycles. The zero-order valence-corrected chi connectivity index (χ0v) is 25.3. The fourth-order valence-corrected chi connectivity index (χ4v) is 5.65. The number of amides is 1. The van der Waals surface area contributed by atoms with Crippen molar-refractivity contribution in [1.29, 1.82) is 0 Å². The van der Waals surface area contributed by atoms with Gasteiger partial charge in [-0.2, -0.15) is 26.3 Å². The van der Waals surface area contributed by atoms with E-state index in [9.17, 15) is 31.1 Å². The predicted molar refractivity (Wildman–Crippen MR) is 154 cm³/mol. The Hall–Kier alpha value is -2.05. The summed E-state index contributed by atoms with van der Waals surface area (Å²) in [5.74, 6) is -0.512. The predicted octanol–water partition coefficient (Wildman–Crippen LogP) is 6.35. The van der Waals surface area contributed by atoms with E-state index in [2.05, 4.69) is 9.80 Å². The largest absolute Gasteiger partial charge is 0.416 e. The first-order chi connectivity index (χ1) is 18.7. The van der Waals surface area contributed by atoms with Gasteiger partial charge in [0.15, 0.2) is 0 Å². The molecule has 4 rings (SSSR count). The van der Waals surface area contributed by atoms with E-state index >= 15 is 0 Å². The molecule has 0 saturated carbocycles. The molecule has 2 unspecified atom stereocenters. The number of ether oxygens (including phenoxy) is 1. The van der Waals surface area contributed by atoms with Gasteiger partial charge in [-0.05, 0) is 68.7 Å². The summed E-state index contributed by atoms with van der Waals surface area (Å²) in [6, 6.07) is 7.72. The van der Waals surface area contributed by atoms with Crippen molar-refractivity contribution < 1.29 is 35.9 Å². The van der Waals surface area contributed by atoms with Crippen molar-refractivity contribution in [2.75, 3.05) is 45.8 Å². The molecule has 13 heteroatoms. The van der Waals surface area contributed by atoms with Gasteiger partial charge in [0.1, 0.15) is 0 Å². The minimum absolute atomic E-state index is 0. The van der Waals surface area contributed by atoms with E-state index in [0.29, 0.717) is 30.8 Å². The van der Waals surface area contributed by atoms with Crippen molar-refractivity contribution in [2.45, 2.75) is 57.8 Å². The fraction of sp³-hybridized carbons (Fsp3) is 0.552. The Kier molecular flexibility index (Phi) is 12.6. The topological polar surface area (TPSA) is 36.0 Å². The lowest BCUT2D eigenvalue weighted by atomic mass is 9.98. The number of carbonyl (C=O) groups is 1. The van der Waals surface area contributed by atoms with Crippen LogP contribution in [0, 0.1) is 6.92 Å². The summed E-state index contributed by atoms with van der Waals surface area (Å²) in [6.07, 6.45) is -8.52. The summed E-state index contributed by atoms with van der Waals surface area (Å²) >= 11 is 0. The van der Waals surface area contributed by atoms with Gasteiger partial charge in [-0.1, -0.05) is 12.1 Å². The molecule has 0 bridgehead atoms. The summed E-state index contributed by atoms with van der Waals surface area (Å²) in [7, 11) is 0. The molecule has 0 spiro atoms. The molecule has 0 N–H and O–H groups in total. The summed E-state index contributed by atoms with van der Waals surface area (Å²) in [4.78, 5) is 19.7. The Labute approximate surface area is 255 Å². The number of alkyl halides is 6. The second-order valence-corrected chi connectivity index (χ2v) is 11.0. The molecular formula is C29H37Cl2F6N3O2. The number of piperazine rings is 1. The number of rotatable bonds is 6. The molecule has 2 saturated heterocycles. The first-order valence-electron chi connectivity index (χ1n) is 13.4. The maximum atomic E-state index is 13.6. The van der Waals surface area contributed by atoms with Crippen LogP contribution in [0.1, 0.15) is 46.5 Å². The number of carbonyl (C=O) groups excluding carboxylic acids is 1. The van der Waals surface area contributed by atoms with Crippen LogP contribution in [0.15, 0.2) is 42.5 Å². The molecule has 2 aromatic rings. The third-order valence-corrected chi connectivity index (χ3v) is 7.46. The van der Waals surface area contributed by atoms with Gasteiger partial charge in [-0.25, -0.2) is 0 Å². The average Bonchev–Trinajstić information content (AvgIpc) is 2.85. The van der Waals surface area contributed by atoms with Gasteiger partial charge in [0, 0.05) is 57.4 Å². The molecule has 2 fully saturated rings. The highest BCUT2D eigenvalue weighted by Crippen LogP contribution is 2.32. The molecular weight excluding hydrogens is 607 g/mol. The van der Waals surface area contributed by atoms with Crippen LogP contribution in [0.3, 0.4) is 0 Å². The van der Waals surface area contributed by atoms with Crippen LogP contribution in [0.2, 0.25) is 0 Å². The first kappa shape index (κ1) is 36.1. The summed E-state index contributed by atoms with van der Waals surface area (Å²) in [5.41, 5.74) is -0.751. The Morgan fingerprint density at radius 3 is 1.95 bits per heavy atom. The van der Waals surface area contributed by atoms with Crippen LogP contribution >= 0.6 is 24.8 Å². The minimum Gasteiger partial charge on any atom is -0.373 e. The molecule has 0 aliphatic carbocycles. The lowest BCUT2D eigenvalue weighted by Crippen LogP contribution is -2.57. The van der Waals surface area contributed by atoms with Crippen LogP contribution in [0.4, 0.5) is 26.3 Å². The molecule has 3 atom stereocenters. The number of halogens is 8. The van der Waals surface area contributed by atoms with E-state index in [1.54, 1.807) is 4.90 Å². The minimum atomic E-state index is -4.59. The van der Waals surface area contributed by atoms with Crippen LogP contribution < -0.4 is 0 Å². The lowest BCUT2D eigenvalue weighted by molar-refractivity contribution is -0.138. The summed E-state index contributed by atoms with van der Waals surface area (Å²) < 4.78 is 85.4. The highest BCUT2D eigenvalue weighted by Gasteiger charge is 2.35. The number of aryl methyl sites for hydroxylation is 1. The molecule has 1 amide bonds. The molecule has 2 heterocycles. The Bertz CT molecular complexity index is 1170. The lowest BCUT2D eigenvalue weighted by Gasteiger charge is -2.43. The van der Waals surface area contributed by atoms with Gasteiger partial charge in [0.05, 0.1) is 23.3 Å². The molecule has 0 radical (unpaired) electrons. The monoisotopic (exact) mass is 643 g/mol. The van der Waals surface area contributed by atoms with Crippen LogP contribution in [0.5, 0.6) is 0 Å². The van der Waals surface area contributed by atoms with Crippen molar-refractivity contribution in [2.24, 2.45) is 0 Å². The zero-order chi connectivity index (χ0) is 29.2. The fourth-order valence-electron chi connectivity index (χ4n) is 5.65. The third-order valence-electron chi connectivity index (χ3n) is 7.46. The number of hydrogen-bond acceptors (Lipinski definition) is 4. The van der Waals surface area contributed by atoms with Gasteiger partial charge in [-0.3, -0.25) is 14.6 Å². The average molecular weight is 645 g/mol. The zero-order valence-electron chi connectivity index (χ0n) is 23.7. The van der Waals surface area contributed by atoms with Gasteiger partial charge in [-0.15, -0.1) is 24.8 Å². The van der Waals surface area contributed by atoms with Gasteiger partial charge in [0.2, 0.25) is 0 Å². The molecule has 42 heavy (non-hydrogen) atoms. The smallest absolute Gasteiger partial charge is 0.373 e. The number of nitrogens with zero attached hydrogens (tertiary/aromatic N) is 3. The van der Waals surface area contributed by atoms with E-state index < -0.39 is 35.4 Å². The second-order valence-electron chi connectivity index (χ2n) is 11.0. The molecule has 5 nitrogen and oxygen atoms in total. The maximum absolute atomic E-state index is 13.6. The molecule has 0 aromatic heterocycles.